The minimum Gasteiger partial charge on any atom is -0.453 e. The van der Waals surface area contributed by atoms with Gasteiger partial charge in [-0.15, -0.1) is 0 Å². The van der Waals surface area contributed by atoms with Gasteiger partial charge in [0.05, 0.1) is 6.42 Å². The molecule has 0 unspecified atom stereocenters. The van der Waals surface area contributed by atoms with Crippen molar-refractivity contribution in [2.24, 2.45) is 0 Å². The predicted octanol–water partition coefficient (Wildman–Crippen LogP) is 1.81. The first-order valence-corrected chi connectivity index (χ1v) is 9.77. The van der Waals surface area contributed by atoms with Gasteiger partial charge in [-0.25, -0.2) is 13.1 Å². The van der Waals surface area contributed by atoms with Gasteiger partial charge in [-0.1, -0.05) is 30.3 Å². The van der Waals surface area contributed by atoms with Crippen LogP contribution >= 0.6 is 0 Å². The summed E-state index contributed by atoms with van der Waals surface area (Å²) in [5, 5.41) is 3.73. The zero-order chi connectivity index (χ0) is 19.8. The molecule has 1 aromatic carbocycles. The second kappa shape index (κ2) is 9.49. The van der Waals surface area contributed by atoms with E-state index >= 15 is 0 Å². The fourth-order valence-corrected chi connectivity index (χ4v) is 2.68. The smallest absolute Gasteiger partial charge is 0.307 e. The average molecular weight is 382 g/mol. The average Bonchev–Trinajstić information content (AvgIpc) is 2.52. The Morgan fingerprint density at radius 2 is 1.81 bits per heavy atom. The molecule has 1 rings (SSSR count). The highest BCUT2D eigenvalue weighted by atomic mass is 32.2. The van der Waals surface area contributed by atoms with Crippen molar-refractivity contribution in [1.29, 1.82) is 0 Å². The number of hydrogen-bond acceptors (Lipinski definition) is 5. The highest BCUT2D eigenvalue weighted by Gasteiger charge is 2.22. The fraction of sp³-hybridized carbons (Fsp3) is 0.444. The van der Waals surface area contributed by atoms with Crippen LogP contribution in [0.15, 0.2) is 35.7 Å². The van der Waals surface area contributed by atoms with Crippen molar-refractivity contribution in [3.63, 3.8) is 0 Å². The maximum atomic E-state index is 11.9. The highest BCUT2D eigenvalue weighted by molar-refractivity contribution is 7.92. The van der Waals surface area contributed by atoms with E-state index in [-0.39, 0.29) is 13.0 Å². The molecule has 8 heteroatoms. The van der Waals surface area contributed by atoms with Crippen LogP contribution in [0.1, 0.15) is 39.7 Å². The van der Waals surface area contributed by atoms with E-state index in [1.165, 1.54) is 13.0 Å². The summed E-state index contributed by atoms with van der Waals surface area (Å²) in [6.07, 6.45) is 0.335. The molecule has 1 atom stereocenters. The molecule has 7 nitrogen and oxygen atoms in total. The van der Waals surface area contributed by atoms with E-state index in [4.69, 9.17) is 4.74 Å². The van der Waals surface area contributed by atoms with Crippen LogP contribution < -0.4 is 10.0 Å². The van der Waals surface area contributed by atoms with Crippen molar-refractivity contribution in [3.8, 4) is 0 Å². The molecule has 0 saturated heterocycles. The zero-order valence-electron chi connectivity index (χ0n) is 15.5. The second-order valence-corrected chi connectivity index (χ2v) is 8.42. The van der Waals surface area contributed by atoms with Crippen LogP contribution in [0.25, 0.3) is 6.08 Å². The molecule has 0 aliphatic heterocycles. The number of sulfonamides is 1. The van der Waals surface area contributed by atoms with Gasteiger partial charge in [0.2, 0.25) is 10.0 Å². The van der Waals surface area contributed by atoms with E-state index in [1.54, 1.807) is 24.3 Å². The van der Waals surface area contributed by atoms with E-state index in [2.05, 4.69) is 10.0 Å². The first-order chi connectivity index (χ1) is 12.0. The summed E-state index contributed by atoms with van der Waals surface area (Å²) >= 11 is 0. The first-order valence-electron chi connectivity index (χ1n) is 8.23. The number of benzene rings is 1. The Morgan fingerprint density at radius 3 is 2.38 bits per heavy atom. The minimum atomic E-state index is -3.66. The Labute approximate surface area is 154 Å². The molecule has 0 spiro atoms. The first kappa shape index (κ1) is 21.9. The van der Waals surface area contributed by atoms with Crippen LogP contribution in [0.2, 0.25) is 0 Å². The monoisotopic (exact) mass is 382 g/mol. The van der Waals surface area contributed by atoms with Gasteiger partial charge in [0.25, 0.3) is 5.91 Å². The summed E-state index contributed by atoms with van der Waals surface area (Å²) in [7, 11) is -3.66. The largest absolute Gasteiger partial charge is 0.453 e. The Balaban J connectivity index is 2.40. The van der Waals surface area contributed by atoms with Crippen molar-refractivity contribution < 1.29 is 22.7 Å². The normalized spacial score (nSPS) is 13.4. The Kier molecular flexibility index (Phi) is 7.98. The number of carbonyl (C=O) groups excluding carboxylic acids is 2. The third-order valence-electron chi connectivity index (χ3n) is 3.05. The summed E-state index contributed by atoms with van der Waals surface area (Å²) in [5.41, 5.74) is 0.314. The standard InChI is InChI=1S/C18H26N2O5S/c1-14(17(22)20-18(2,3)4)25-16(21)10-12-19-26(23,24)13-11-15-8-6-5-7-9-15/h5-9,11,13-14,19H,10,12H2,1-4H3,(H,20,22)/b13-11+/t14-/m1/s1. The van der Waals surface area contributed by atoms with Crippen molar-refractivity contribution in [3.05, 3.63) is 41.3 Å². The third kappa shape index (κ3) is 9.33. The third-order valence-corrected chi connectivity index (χ3v) is 4.15. The van der Waals surface area contributed by atoms with Crippen LogP contribution in [0, 0.1) is 0 Å². The molecule has 26 heavy (non-hydrogen) atoms. The summed E-state index contributed by atoms with van der Waals surface area (Å²) in [4.78, 5) is 23.6. The Bertz CT molecular complexity index is 737. The number of carbonyl (C=O) groups is 2. The van der Waals surface area contributed by atoms with Crippen LogP contribution in [-0.4, -0.2) is 38.5 Å². The van der Waals surface area contributed by atoms with Gasteiger partial charge in [0.15, 0.2) is 6.10 Å². The van der Waals surface area contributed by atoms with Crippen molar-refractivity contribution in [2.75, 3.05) is 6.54 Å². The van der Waals surface area contributed by atoms with Gasteiger partial charge in [-0.3, -0.25) is 9.59 Å². The van der Waals surface area contributed by atoms with Gasteiger partial charge in [-0.05, 0) is 39.3 Å². The van der Waals surface area contributed by atoms with Crippen LogP contribution in [0.5, 0.6) is 0 Å². The molecule has 0 radical (unpaired) electrons. The SMILES string of the molecule is C[C@@H](OC(=O)CCNS(=O)(=O)/C=C/c1ccccc1)C(=O)NC(C)(C)C. The number of amides is 1. The lowest BCUT2D eigenvalue weighted by Crippen LogP contribution is -2.46. The van der Waals surface area contributed by atoms with E-state index in [1.807, 2.05) is 26.8 Å². The number of hydrogen-bond donors (Lipinski definition) is 2. The van der Waals surface area contributed by atoms with E-state index in [0.717, 1.165) is 11.0 Å². The number of esters is 1. The zero-order valence-corrected chi connectivity index (χ0v) is 16.3. The molecule has 0 aliphatic carbocycles. The van der Waals surface area contributed by atoms with Crippen LogP contribution in [-0.2, 0) is 24.3 Å². The second-order valence-electron chi connectivity index (χ2n) is 6.77. The summed E-state index contributed by atoms with van der Waals surface area (Å²) in [6.45, 7) is 6.80. The van der Waals surface area contributed by atoms with Gasteiger partial charge in [-0.2, -0.15) is 0 Å². The minimum absolute atomic E-state index is 0.117. The van der Waals surface area contributed by atoms with E-state index in [0.29, 0.717) is 0 Å². The molecule has 1 amide bonds. The maximum absolute atomic E-state index is 11.9. The number of nitrogens with one attached hydrogen (secondary N) is 2. The van der Waals surface area contributed by atoms with Gasteiger partial charge < -0.3 is 10.1 Å². The Morgan fingerprint density at radius 1 is 1.19 bits per heavy atom. The van der Waals surface area contributed by atoms with Crippen molar-refractivity contribution in [2.45, 2.75) is 45.8 Å². The molecular formula is C18H26N2O5S. The van der Waals surface area contributed by atoms with Crippen molar-refractivity contribution in [1.82, 2.24) is 10.0 Å². The maximum Gasteiger partial charge on any atom is 0.307 e. The van der Waals surface area contributed by atoms with Crippen molar-refractivity contribution >= 4 is 28.0 Å². The molecule has 0 aromatic heterocycles. The Hall–Kier alpha value is -2.19. The van der Waals surface area contributed by atoms with Crippen LogP contribution in [0.4, 0.5) is 0 Å². The summed E-state index contributed by atoms with van der Waals surface area (Å²) in [6, 6.07) is 8.97. The van der Waals surface area contributed by atoms with Gasteiger partial charge in [0, 0.05) is 17.5 Å². The lowest BCUT2D eigenvalue weighted by Gasteiger charge is -2.23. The molecule has 0 bridgehead atoms. The molecule has 0 aliphatic rings. The quantitative estimate of drug-likeness (QED) is 0.668. The molecular weight excluding hydrogens is 356 g/mol. The number of ether oxygens (including phenoxy) is 1. The number of rotatable bonds is 8. The summed E-state index contributed by atoms with van der Waals surface area (Å²) in [5.74, 6) is -1.06. The predicted molar refractivity (Wildman–Crippen MR) is 100 cm³/mol. The molecule has 144 valence electrons. The fourth-order valence-electron chi connectivity index (χ4n) is 1.86. The van der Waals surface area contributed by atoms with E-state index in [9.17, 15) is 18.0 Å². The topological polar surface area (TPSA) is 102 Å². The molecule has 2 N–H and O–H groups in total. The molecule has 1 aromatic rings. The summed E-state index contributed by atoms with van der Waals surface area (Å²) < 4.78 is 31.0. The van der Waals surface area contributed by atoms with Crippen LogP contribution in [0.3, 0.4) is 0 Å². The highest BCUT2D eigenvalue weighted by Crippen LogP contribution is 2.04. The van der Waals surface area contributed by atoms with E-state index < -0.39 is 33.5 Å². The lowest BCUT2D eigenvalue weighted by atomic mass is 10.1. The molecule has 0 heterocycles. The van der Waals surface area contributed by atoms with Gasteiger partial charge in [0.1, 0.15) is 0 Å². The van der Waals surface area contributed by atoms with Gasteiger partial charge >= 0.3 is 5.97 Å². The molecule has 0 saturated carbocycles. The molecule has 0 fully saturated rings. The lowest BCUT2D eigenvalue weighted by molar-refractivity contribution is -0.155.